The molecule has 2 aromatic carbocycles. The molecule has 2 rings (SSSR count). The van der Waals surface area contributed by atoms with Gasteiger partial charge in [-0.05, 0) is 67.9 Å². The minimum atomic E-state index is -4.40. The molecule has 0 fully saturated rings. The van der Waals surface area contributed by atoms with E-state index in [-0.39, 0.29) is 22.2 Å². The zero-order chi connectivity index (χ0) is 20.2. The molecule has 1 unspecified atom stereocenters. The molecule has 0 spiro atoms. The van der Waals surface area contributed by atoms with Crippen LogP contribution in [0.1, 0.15) is 28.4 Å². The van der Waals surface area contributed by atoms with Gasteiger partial charge in [-0.15, -0.1) is 0 Å². The van der Waals surface area contributed by atoms with E-state index in [1.165, 1.54) is 31.2 Å². The predicted molar refractivity (Wildman–Crippen MR) is 97.8 cm³/mol. The summed E-state index contributed by atoms with van der Waals surface area (Å²) in [7, 11) is 0. The molecule has 0 aliphatic heterocycles. The van der Waals surface area contributed by atoms with Crippen molar-refractivity contribution in [1.29, 1.82) is 0 Å². The Hall–Kier alpha value is -2.48. The van der Waals surface area contributed by atoms with E-state index in [9.17, 15) is 22.8 Å². The molecule has 4 nitrogen and oxygen atoms in total. The molecule has 8 heteroatoms. The van der Waals surface area contributed by atoms with Crippen LogP contribution in [0.5, 0.6) is 0 Å². The summed E-state index contributed by atoms with van der Waals surface area (Å²) in [5, 5.41) is 2.73. The Balaban J connectivity index is 1.99. The Labute approximate surface area is 159 Å². The first-order chi connectivity index (χ1) is 12.6. The lowest BCUT2D eigenvalue weighted by molar-refractivity contribution is -0.123. The number of benzene rings is 2. The van der Waals surface area contributed by atoms with E-state index in [0.717, 1.165) is 11.1 Å². The van der Waals surface area contributed by atoms with Gasteiger partial charge in [0.15, 0.2) is 6.10 Å². The summed E-state index contributed by atoms with van der Waals surface area (Å²) in [6, 6.07) is 10.4. The number of nitrogens with one attached hydrogen (secondary N) is 1. The monoisotopic (exact) mass is 397 g/mol. The van der Waals surface area contributed by atoms with Crippen molar-refractivity contribution in [2.24, 2.45) is 0 Å². The molecule has 27 heavy (non-hydrogen) atoms. The predicted octanol–water partition coefficient (Wildman–Crippen LogP) is 5.10. The second kappa shape index (κ2) is 8.47. The van der Waals surface area contributed by atoms with Gasteiger partial charge in [-0.1, -0.05) is 18.2 Å². The molecule has 1 atom stereocenters. The summed E-state index contributed by atoms with van der Waals surface area (Å²) in [4.78, 5) is 24.3. The number of ether oxygens (including phenoxy) is 1. The minimum absolute atomic E-state index is 0.0418. The molecule has 144 valence electrons. The van der Waals surface area contributed by atoms with Crippen LogP contribution < -0.4 is 5.32 Å². The fourth-order valence-corrected chi connectivity index (χ4v) is 2.85. The number of amides is 1. The molecule has 0 aliphatic rings. The number of anilines is 1. The van der Waals surface area contributed by atoms with E-state index >= 15 is 0 Å². The van der Waals surface area contributed by atoms with Gasteiger partial charge < -0.3 is 10.1 Å². The number of rotatable bonds is 5. The van der Waals surface area contributed by atoms with Crippen molar-refractivity contribution >= 4 is 29.3 Å². The molecule has 0 heterocycles. The standard InChI is InChI=1S/C19H18F3NO3S/c1-11-5-4-6-12(2)16(11)23-17(24)13(3)26-18(25)14-7-9-15(10-8-14)27-19(20,21)22/h4-10,13H,1-3H3,(H,23,24). The molecule has 0 aliphatic carbocycles. The fraction of sp³-hybridized carbons (Fsp3) is 0.263. The van der Waals surface area contributed by atoms with Crippen LogP contribution in [0.4, 0.5) is 18.9 Å². The van der Waals surface area contributed by atoms with Gasteiger partial charge in [0.2, 0.25) is 0 Å². The third-order valence-corrected chi connectivity index (χ3v) is 4.45. The lowest BCUT2D eigenvalue weighted by Crippen LogP contribution is -2.30. The van der Waals surface area contributed by atoms with E-state index in [1.807, 2.05) is 32.0 Å². The Bertz CT molecular complexity index is 815. The van der Waals surface area contributed by atoms with Gasteiger partial charge in [0, 0.05) is 10.6 Å². The van der Waals surface area contributed by atoms with Crippen LogP contribution in [0.15, 0.2) is 47.4 Å². The summed E-state index contributed by atoms with van der Waals surface area (Å²) >= 11 is -0.272. The summed E-state index contributed by atoms with van der Waals surface area (Å²) in [6.07, 6.45) is -1.07. The van der Waals surface area contributed by atoms with Crippen molar-refractivity contribution in [2.75, 3.05) is 5.32 Å². The van der Waals surface area contributed by atoms with Crippen LogP contribution in [0.3, 0.4) is 0 Å². The second-order valence-electron chi connectivity index (χ2n) is 5.88. The lowest BCUT2D eigenvalue weighted by atomic mass is 10.1. The summed E-state index contributed by atoms with van der Waals surface area (Å²) in [5.74, 6) is -1.28. The van der Waals surface area contributed by atoms with Gasteiger partial charge in [-0.3, -0.25) is 4.79 Å². The number of thioether (sulfide) groups is 1. The Morgan fingerprint density at radius 2 is 1.59 bits per heavy atom. The first kappa shape index (κ1) is 20.8. The number of para-hydroxylation sites is 1. The SMILES string of the molecule is Cc1cccc(C)c1NC(=O)C(C)OC(=O)c1ccc(SC(F)(F)F)cc1. The molecule has 0 saturated carbocycles. The Morgan fingerprint density at radius 3 is 2.11 bits per heavy atom. The quantitative estimate of drug-likeness (QED) is 0.563. The van der Waals surface area contributed by atoms with E-state index in [4.69, 9.17) is 4.74 Å². The number of esters is 1. The molecule has 0 aromatic heterocycles. The number of halogens is 3. The summed E-state index contributed by atoms with van der Waals surface area (Å²) in [5.41, 5.74) is -1.94. The minimum Gasteiger partial charge on any atom is -0.449 e. The van der Waals surface area contributed by atoms with Crippen LogP contribution in [0.2, 0.25) is 0 Å². The van der Waals surface area contributed by atoms with Crippen molar-refractivity contribution in [2.45, 2.75) is 37.3 Å². The fourth-order valence-electron chi connectivity index (χ4n) is 2.31. The number of alkyl halides is 3. The Kier molecular flexibility index (Phi) is 6.54. The normalized spacial score (nSPS) is 12.4. The summed E-state index contributed by atoms with van der Waals surface area (Å²) in [6.45, 7) is 5.12. The summed E-state index contributed by atoms with van der Waals surface area (Å²) < 4.78 is 42.1. The largest absolute Gasteiger partial charge is 0.449 e. The molecular formula is C19H18F3NO3S. The number of carbonyl (C=O) groups excluding carboxylic acids is 2. The maximum absolute atomic E-state index is 12.3. The van der Waals surface area contributed by atoms with Gasteiger partial charge in [0.1, 0.15) is 0 Å². The van der Waals surface area contributed by atoms with Gasteiger partial charge >= 0.3 is 11.5 Å². The highest BCUT2D eigenvalue weighted by atomic mass is 32.2. The average molecular weight is 397 g/mol. The maximum atomic E-state index is 12.3. The van der Waals surface area contributed by atoms with Gasteiger partial charge in [-0.2, -0.15) is 13.2 Å². The second-order valence-corrected chi connectivity index (χ2v) is 7.01. The highest BCUT2D eigenvalue weighted by Crippen LogP contribution is 2.36. The van der Waals surface area contributed by atoms with E-state index in [2.05, 4.69) is 5.32 Å². The van der Waals surface area contributed by atoms with Gasteiger partial charge in [0.05, 0.1) is 5.56 Å². The topological polar surface area (TPSA) is 55.4 Å². The Morgan fingerprint density at radius 1 is 1.04 bits per heavy atom. The van der Waals surface area contributed by atoms with Crippen molar-refractivity contribution in [3.8, 4) is 0 Å². The first-order valence-corrected chi connectivity index (χ1v) is 8.82. The number of hydrogen-bond acceptors (Lipinski definition) is 4. The highest BCUT2D eigenvalue weighted by Gasteiger charge is 2.29. The van der Waals surface area contributed by atoms with Gasteiger partial charge in [0.25, 0.3) is 5.91 Å². The van der Waals surface area contributed by atoms with Crippen LogP contribution >= 0.6 is 11.8 Å². The average Bonchev–Trinajstić information content (AvgIpc) is 2.57. The molecule has 0 radical (unpaired) electrons. The third-order valence-electron chi connectivity index (χ3n) is 3.71. The molecule has 1 N–H and O–H groups in total. The number of aryl methyl sites for hydroxylation is 2. The molecule has 0 bridgehead atoms. The zero-order valence-electron chi connectivity index (χ0n) is 14.9. The van der Waals surface area contributed by atoms with Crippen LogP contribution in [0.25, 0.3) is 0 Å². The lowest BCUT2D eigenvalue weighted by Gasteiger charge is -2.16. The van der Waals surface area contributed by atoms with Crippen molar-refractivity contribution in [3.63, 3.8) is 0 Å². The zero-order valence-corrected chi connectivity index (χ0v) is 15.7. The van der Waals surface area contributed by atoms with Gasteiger partial charge in [-0.25, -0.2) is 4.79 Å². The number of carbonyl (C=O) groups is 2. The van der Waals surface area contributed by atoms with E-state index in [0.29, 0.717) is 5.69 Å². The van der Waals surface area contributed by atoms with Crippen molar-refractivity contribution in [1.82, 2.24) is 0 Å². The van der Waals surface area contributed by atoms with E-state index < -0.39 is 23.5 Å². The van der Waals surface area contributed by atoms with E-state index in [1.54, 1.807) is 0 Å². The first-order valence-electron chi connectivity index (χ1n) is 8.00. The van der Waals surface area contributed by atoms with Crippen molar-refractivity contribution < 1.29 is 27.5 Å². The third kappa shape index (κ3) is 6.02. The smallest absolute Gasteiger partial charge is 0.446 e. The molecule has 0 saturated heterocycles. The highest BCUT2D eigenvalue weighted by molar-refractivity contribution is 8.00. The molecule has 2 aromatic rings. The van der Waals surface area contributed by atoms with Crippen LogP contribution in [-0.4, -0.2) is 23.5 Å². The molecular weight excluding hydrogens is 379 g/mol. The van der Waals surface area contributed by atoms with Crippen molar-refractivity contribution in [3.05, 3.63) is 59.2 Å². The molecule has 1 amide bonds. The van der Waals surface area contributed by atoms with Crippen LogP contribution in [0, 0.1) is 13.8 Å². The number of hydrogen-bond donors (Lipinski definition) is 1. The van der Waals surface area contributed by atoms with Crippen LogP contribution in [-0.2, 0) is 9.53 Å². The maximum Gasteiger partial charge on any atom is 0.446 e.